The first-order valence-electron chi connectivity index (χ1n) is 10.6. The molecule has 30 heavy (non-hydrogen) atoms. The third-order valence-electron chi connectivity index (χ3n) is 5.88. The van der Waals surface area contributed by atoms with Crippen molar-refractivity contribution in [1.82, 2.24) is 5.32 Å². The molecule has 1 aliphatic carbocycles. The van der Waals surface area contributed by atoms with E-state index in [1.54, 1.807) is 12.3 Å². The normalized spacial score (nSPS) is 21.3. The van der Waals surface area contributed by atoms with Crippen LogP contribution in [-0.4, -0.2) is 18.4 Å². The predicted molar refractivity (Wildman–Crippen MR) is 114 cm³/mol. The molecule has 1 aromatic carbocycles. The first-order chi connectivity index (χ1) is 14.6. The van der Waals surface area contributed by atoms with Gasteiger partial charge in [-0.1, -0.05) is 43.7 Å². The molecule has 2 atom stereocenters. The predicted octanol–water partition coefficient (Wildman–Crippen LogP) is 4.98. The molecule has 0 saturated heterocycles. The number of furan rings is 1. The maximum atomic E-state index is 13.3. The van der Waals surface area contributed by atoms with E-state index in [-0.39, 0.29) is 17.7 Å². The average Bonchev–Trinajstić information content (AvgIpc) is 3.28. The summed E-state index contributed by atoms with van der Waals surface area (Å²) in [6, 6.07) is 13.7. The molecule has 0 bridgehead atoms. The number of hydrogen-bond donors (Lipinski definition) is 1. The number of carbonyl (C=O) groups excluding carboxylic acids is 2. The van der Waals surface area contributed by atoms with Crippen LogP contribution in [0.3, 0.4) is 0 Å². The molecule has 1 aliphatic heterocycles. The van der Waals surface area contributed by atoms with Crippen molar-refractivity contribution in [3.8, 4) is 0 Å². The third kappa shape index (κ3) is 3.84. The summed E-state index contributed by atoms with van der Waals surface area (Å²) in [6.07, 6.45) is 4.46. The van der Waals surface area contributed by atoms with Gasteiger partial charge in [0.25, 0.3) is 0 Å². The summed E-state index contributed by atoms with van der Waals surface area (Å²) in [7, 11) is 0. The molecule has 0 amide bonds. The monoisotopic (exact) mass is 405 g/mol. The minimum atomic E-state index is -0.533. The molecule has 5 heteroatoms. The van der Waals surface area contributed by atoms with Gasteiger partial charge in [-0.15, -0.1) is 0 Å². The summed E-state index contributed by atoms with van der Waals surface area (Å²) in [5, 5.41) is 3.36. The molecule has 2 aliphatic rings. The lowest BCUT2D eigenvalue weighted by Crippen LogP contribution is -2.36. The Bertz CT molecular complexity index is 985. The van der Waals surface area contributed by atoms with Gasteiger partial charge in [0.1, 0.15) is 5.76 Å². The number of hydrogen-bond acceptors (Lipinski definition) is 5. The van der Waals surface area contributed by atoms with Crippen molar-refractivity contribution in [1.29, 1.82) is 0 Å². The second-order valence-electron chi connectivity index (χ2n) is 7.93. The highest BCUT2D eigenvalue weighted by molar-refractivity contribution is 6.04. The second kappa shape index (κ2) is 8.74. The van der Waals surface area contributed by atoms with Crippen LogP contribution in [0.15, 0.2) is 75.7 Å². The largest absolute Gasteiger partial charge is 0.468 e. The van der Waals surface area contributed by atoms with E-state index in [0.29, 0.717) is 29.9 Å². The van der Waals surface area contributed by atoms with Gasteiger partial charge in [-0.05, 0) is 43.4 Å². The Morgan fingerprint density at radius 2 is 1.97 bits per heavy atom. The number of esters is 1. The third-order valence-corrected chi connectivity index (χ3v) is 5.88. The Balaban J connectivity index is 1.70. The number of benzene rings is 1. The SMILES string of the molecule is CCCCOC(=O)C1=C(C)NC2=C(C(=O)C[C@@H](c3ccccc3)C2)[C@H]1c1ccco1. The number of dihydropyridines is 1. The van der Waals surface area contributed by atoms with Crippen molar-refractivity contribution < 1.29 is 18.7 Å². The number of rotatable bonds is 6. The molecule has 4 rings (SSSR count). The number of allylic oxidation sites excluding steroid dienone is 3. The number of nitrogens with one attached hydrogen (secondary N) is 1. The second-order valence-corrected chi connectivity index (χ2v) is 7.93. The van der Waals surface area contributed by atoms with Crippen molar-refractivity contribution in [2.75, 3.05) is 6.61 Å². The molecule has 1 aromatic heterocycles. The van der Waals surface area contributed by atoms with Gasteiger partial charge in [-0.3, -0.25) is 4.79 Å². The van der Waals surface area contributed by atoms with Crippen LogP contribution in [-0.2, 0) is 14.3 Å². The van der Waals surface area contributed by atoms with E-state index in [0.717, 1.165) is 36.2 Å². The topological polar surface area (TPSA) is 68.5 Å². The van der Waals surface area contributed by atoms with Gasteiger partial charge in [0.2, 0.25) is 0 Å². The minimum Gasteiger partial charge on any atom is -0.468 e. The van der Waals surface area contributed by atoms with E-state index in [1.807, 2.05) is 38.1 Å². The molecule has 0 fully saturated rings. The van der Waals surface area contributed by atoms with E-state index >= 15 is 0 Å². The smallest absolute Gasteiger partial charge is 0.336 e. The van der Waals surface area contributed by atoms with E-state index in [9.17, 15) is 9.59 Å². The van der Waals surface area contributed by atoms with Crippen LogP contribution in [0.5, 0.6) is 0 Å². The lowest BCUT2D eigenvalue weighted by Gasteiger charge is -2.35. The molecule has 0 saturated carbocycles. The molecule has 5 nitrogen and oxygen atoms in total. The van der Waals surface area contributed by atoms with Gasteiger partial charge in [-0.25, -0.2) is 4.79 Å². The quantitative estimate of drug-likeness (QED) is 0.542. The minimum absolute atomic E-state index is 0.0466. The van der Waals surface area contributed by atoms with E-state index < -0.39 is 5.92 Å². The Labute approximate surface area is 176 Å². The van der Waals surface area contributed by atoms with E-state index in [4.69, 9.17) is 9.15 Å². The lowest BCUT2D eigenvalue weighted by atomic mass is 9.73. The highest BCUT2D eigenvalue weighted by Gasteiger charge is 2.42. The number of unbranched alkanes of at least 4 members (excludes halogenated alkanes) is 1. The van der Waals surface area contributed by atoms with Gasteiger partial charge in [0.15, 0.2) is 5.78 Å². The van der Waals surface area contributed by atoms with Crippen LogP contribution in [0.2, 0.25) is 0 Å². The van der Waals surface area contributed by atoms with Crippen LogP contribution >= 0.6 is 0 Å². The van der Waals surface area contributed by atoms with Crippen LogP contribution < -0.4 is 5.32 Å². The Hall–Kier alpha value is -3.08. The van der Waals surface area contributed by atoms with E-state index in [1.165, 1.54) is 0 Å². The van der Waals surface area contributed by atoms with Gasteiger partial charge < -0.3 is 14.5 Å². The number of ketones is 1. The number of Topliss-reactive ketones (excluding diaryl/α,β-unsaturated/α-hetero) is 1. The molecule has 0 unspecified atom stereocenters. The fourth-order valence-electron chi connectivity index (χ4n) is 4.40. The van der Waals surface area contributed by atoms with Crippen molar-refractivity contribution in [2.24, 2.45) is 0 Å². The van der Waals surface area contributed by atoms with Crippen LogP contribution in [0, 0.1) is 0 Å². The molecule has 0 radical (unpaired) electrons. The first-order valence-corrected chi connectivity index (χ1v) is 10.6. The summed E-state index contributed by atoms with van der Waals surface area (Å²) >= 11 is 0. The summed E-state index contributed by atoms with van der Waals surface area (Å²) in [5.74, 6) is -0.162. The highest BCUT2D eigenvalue weighted by Crippen LogP contribution is 2.45. The van der Waals surface area contributed by atoms with Gasteiger partial charge in [0.05, 0.1) is 24.4 Å². The molecular weight excluding hydrogens is 378 g/mol. The standard InChI is InChI=1S/C25H27NO4/c1-3-4-12-30-25(28)22-16(2)26-19-14-18(17-9-6-5-7-10-17)15-20(27)23(19)24(22)21-11-8-13-29-21/h5-11,13,18,24,26H,3-4,12,14-15H2,1-2H3/t18-,24-/m0/s1. The molecule has 156 valence electrons. The molecule has 2 aromatic rings. The zero-order valence-corrected chi connectivity index (χ0v) is 17.4. The molecule has 0 spiro atoms. The average molecular weight is 405 g/mol. The molecular formula is C25H27NO4. The number of carbonyl (C=O) groups is 2. The molecule has 2 heterocycles. The van der Waals surface area contributed by atoms with Crippen molar-refractivity contribution in [3.05, 3.63) is 82.6 Å². The van der Waals surface area contributed by atoms with Crippen LogP contribution in [0.25, 0.3) is 0 Å². The first kappa shape index (κ1) is 20.2. The van der Waals surface area contributed by atoms with E-state index in [2.05, 4.69) is 17.4 Å². The van der Waals surface area contributed by atoms with Gasteiger partial charge in [0, 0.05) is 23.4 Å². The van der Waals surface area contributed by atoms with Crippen LogP contribution in [0.1, 0.15) is 62.7 Å². The number of ether oxygens (including phenoxy) is 1. The zero-order valence-electron chi connectivity index (χ0n) is 17.4. The Kier molecular flexibility index (Phi) is 5.88. The highest BCUT2D eigenvalue weighted by atomic mass is 16.5. The van der Waals surface area contributed by atoms with Crippen molar-refractivity contribution >= 4 is 11.8 Å². The lowest BCUT2D eigenvalue weighted by molar-refractivity contribution is -0.139. The summed E-state index contributed by atoms with van der Waals surface area (Å²) in [5.41, 5.74) is 3.85. The van der Waals surface area contributed by atoms with Crippen LogP contribution in [0.4, 0.5) is 0 Å². The summed E-state index contributed by atoms with van der Waals surface area (Å²) < 4.78 is 11.2. The fraction of sp³-hybridized carbons (Fsp3) is 0.360. The fourth-order valence-corrected chi connectivity index (χ4v) is 4.40. The van der Waals surface area contributed by atoms with Gasteiger partial charge >= 0.3 is 5.97 Å². The maximum Gasteiger partial charge on any atom is 0.336 e. The van der Waals surface area contributed by atoms with Crippen molar-refractivity contribution in [2.45, 2.75) is 51.4 Å². The summed E-state index contributed by atoms with van der Waals surface area (Å²) in [4.78, 5) is 26.3. The zero-order chi connectivity index (χ0) is 21.1. The maximum absolute atomic E-state index is 13.3. The Morgan fingerprint density at radius 3 is 2.67 bits per heavy atom. The summed E-state index contributed by atoms with van der Waals surface area (Å²) in [6.45, 7) is 4.28. The Morgan fingerprint density at radius 1 is 1.17 bits per heavy atom. The van der Waals surface area contributed by atoms with Crippen molar-refractivity contribution in [3.63, 3.8) is 0 Å². The molecule has 1 N–H and O–H groups in total. The van der Waals surface area contributed by atoms with Gasteiger partial charge in [-0.2, -0.15) is 0 Å².